The summed E-state index contributed by atoms with van der Waals surface area (Å²) in [5.41, 5.74) is 0.103. The van der Waals surface area contributed by atoms with Gasteiger partial charge in [0.05, 0.1) is 11.7 Å². The second-order valence-electron chi connectivity index (χ2n) is 6.35. The molecule has 100 valence electrons. The lowest BCUT2D eigenvalue weighted by Crippen LogP contribution is -2.44. The van der Waals surface area contributed by atoms with Crippen LogP contribution in [0.25, 0.3) is 0 Å². The maximum Gasteiger partial charge on any atom is 0.0710 e. The second kappa shape index (κ2) is 5.58. The van der Waals surface area contributed by atoms with Crippen molar-refractivity contribution in [1.82, 2.24) is 4.90 Å². The molecule has 1 saturated carbocycles. The van der Waals surface area contributed by atoms with Crippen LogP contribution >= 0.6 is 15.9 Å². The summed E-state index contributed by atoms with van der Waals surface area (Å²) < 4.78 is 6.09. The molecule has 3 unspecified atom stereocenters. The molecule has 2 nitrogen and oxygen atoms in total. The van der Waals surface area contributed by atoms with Gasteiger partial charge in [-0.3, -0.25) is 4.90 Å². The van der Waals surface area contributed by atoms with Gasteiger partial charge in [-0.25, -0.2) is 0 Å². The van der Waals surface area contributed by atoms with E-state index in [1.54, 1.807) is 0 Å². The minimum Gasteiger partial charge on any atom is -0.371 e. The van der Waals surface area contributed by atoms with Crippen LogP contribution in [0, 0.1) is 0 Å². The highest BCUT2D eigenvalue weighted by molar-refractivity contribution is 9.09. The Morgan fingerprint density at radius 3 is 2.53 bits per heavy atom. The first-order valence-electron chi connectivity index (χ1n) is 7.00. The molecule has 0 aromatic carbocycles. The molecule has 0 aromatic rings. The molecule has 2 aliphatic rings. The van der Waals surface area contributed by atoms with Gasteiger partial charge in [-0.1, -0.05) is 28.8 Å². The Labute approximate surface area is 114 Å². The van der Waals surface area contributed by atoms with Gasteiger partial charge in [0.25, 0.3) is 0 Å². The molecule has 17 heavy (non-hydrogen) atoms. The molecule has 0 amide bonds. The van der Waals surface area contributed by atoms with Crippen LogP contribution in [0.4, 0.5) is 0 Å². The van der Waals surface area contributed by atoms with Gasteiger partial charge in [-0.05, 0) is 46.6 Å². The zero-order valence-corrected chi connectivity index (χ0v) is 13.0. The average molecular weight is 304 g/mol. The summed E-state index contributed by atoms with van der Waals surface area (Å²) in [6.45, 7) is 5.51. The summed E-state index contributed by atoms with van der Waals surface area (Å²) in [6, 6.07) is 0.705. The molecular weight excluding hydrogens is 278 g/mol. The molecule has 1 aliphatic carbocycles. The van der Waals surface area contributed by atoms with E-state index in [1.165, 1.54) is 38.5 Å². The van der Waals surface area contributed by atoms with E-state index in [0.717, 1.165) is 6.54 Å². The monoisotopic (exact) mass is 303 g/mol. The van der Waals surface area contributed by atoms with Crippen molar-refractivity contribution < 1.29 is 4.74 Å². The first-order chi connectivity index (χ1) is 7.98. The van der Waals surface area contributed by atoms with Gasteiger partial charge in [-0.15, -0.1) is 0 Å². The van der Waals surface area contributed by atoms with Gasteiger partial charge in [0, 0.05) is 17.4 Å². The third-order valence-corrected chi connectivity index (χ3v) is 5.33. The summed E-state index contributed by atoms with van der Waals surface area (Å²) in [6.07, 6.45) is 8.29. The molecule has 1 aliphatic heterocycles. The first-order valence-corrected chi connectivity index (χ1v) is 7.92. The van der Waals surface area contributed by atoms with E-state index in [9.17, 15) is 0 Å². The zero-order valence-electron chi connectivity index (χ0n) is 11.4. The molecule has 0 spiro atoms. The average Bonchev–Trinajstić information content (AvgIpc) is 2.58. The molecule has 1 heterocycles. The standard InChI is InChI=1S/C14H26BrNO/c1-14(2)9-8-11(17-14)10-16(3)13-7-5-4-6-12(13)15/h11-13H,4-10H2,1-3H3. The van der Waals surface area contributed by atoms with E-state index in [2.05, 4.69) is 41.7 Å². The maximum absolute atomic E-state index is 6.09. The molecular formula is C14H26BrNO. The molecule has 0 N–H and O–H groups in total. The van der Waals surface area contributed by atoms with Crippen molar-refractivity contribution in [3.05, 3.63) is 0 Å². The Bertz CT molecular complexity index is 257. The highest BCUT2D eigenvalue weighted by Gasteiger charge is 2.34. The van der Waals surface area contributed by atoms with Crippen molar-refractivity contribution >= 4 is 15.9 Å². The summed E-state index contributed by atoms with van der Waals surface area (Å²) in [5, 5.41) is 0. The maximum atomic E-state index is 6.09. The number of rotatable bonds is 3. The predicted octanol–water partition coefficient (Wildman–Crippen LogP) is 3.58. The van der Waals surface area contributed by atoms with Crippen LogP contribution in [0.5, 0.6) is 0 Å². The molecule has 3 atom stereocenters. The van der Waals surface area contributed by atoms with Crippen LogP contribution in [0.15, 0.2) is 0 Å². The lowest BCUT2D eigenvalue weighted by Gasteiger charge is -2.36. The van der Waals surface area contributed by atoms with Gasteiger partial charge in [-0.2, -0.15) is 0 Å². The number of nitrogens with zero attached hydrogens (tertiary/aromatic N) is 1. The molecule has 2 fully saturated rings. The molecule has 3 heteroatoms. The largest absolute Gasteiger partial charge is 0.371 e. The molecule has 0 bridgehead atoms. The SMILES string of the molecule is CN(CC1CCC(C)(C)O1)C1CCCCC1Br. The second-order valence-corrected chi connectivity index (χ2v) is 7.52. The van der Waals surface area contributed by atoms with Crippen LogP contribution in [0.2, 0.25) is 0 Å². The fourth-order valence-corrected chi connectivity index (χ4v) is 4.22. The van der Waals surface area contributed by atoms with E-state index < -0.39 is 0 Å². The Hall–Kier alpha value is 0.400. The van der Waals surface area contributed by atoms with Crippen LogP contribution in [0.1, 0.15) is 52.4 Å². The third kappa shape index (κ3) is 3.68. The Morgan fingerprint density at radius 2 is 1.94 bits per heavy atom. The van der Waals surface area contributed by atoms with Crippen LogP contribution < -0.4 is 0 Å². The first kappa shape index (κ1) is 13.8. The van der Waals surface area contributed by atoms with Crippen molar-refractivity contribution in [2.75, 3.05) is 13.6 Å². The van der Waals surface area contributed by atoms with Crippen LogP contribution in [-0.4, -0.2) is 41.1 Å². The van der Waals surface area contributed by atoms with Gasteiger partial charge >= 0.3 is 0 Å². The number of hydrogen-bond acceptors (Lipinski definition) is 2. The Balaban J connectivity index is 1.82. The normalized spacial score (nSPS) is 37.6. The number of hydrogen-bond donors (Lipinski definition) is 0. The number of likely N-dealkylation sites (N-methyl/N-ethyl adjacent to an activating group) is 1. The summed E-state index contributed by atoms with van der Waals surface area (Å²) in [5.74, 6) is 0. The van der Waals surface area contributed by atoms with Crippen LogP contribution in [-0.2, 0) is 4.74 Å². The minimum absolute atomic E-state index is 0.103. The fraction of sp³-hybridized carbons (Fsp3) is 1.00. The fourth-order valence-electron chi connectivity index (χ4n) is 3.23. The smallest absolute Gasteiger partial charge is 0.0710 e. The van der Waals surface area contributed by atoms with E-state index in [-0.39, 0.29) is 5.60 Å². The Kier molecular flexibility index (Phi) is 4.54. The summed E-state index contributed by atoms with van der Waals surface area (Å²) in [4.78, 5) is 3.20. The van der Waals surface area contributed by atoms with E-state index in [4.69, 9.17) is 4.74 Å². The molecule has 1 saturated heterocycles. The number of ether oxygens (including phenoxy) is 1. The van der Waals surface area contributed by atoms with Gasteiger partial charge in [0.1, 0.15) is 0 Å². The van der Waals surface area contributed by atoms with Crippen molar-refractivity contribution in [2.45, 2.75) is 74.9 Å². The van der Waals surface area contributed by atoms with Crippen molar-refractivity contribution in [1.29, 1.82) is 0 Å². The minimum atomic E-state index is 0.103. The topological polar surface area (TPSA) is 12.5 Å². The van der Waals surface area contributed by atoms with Gasteiger partial charge < -0.3 is 4.74 Å². The lowest BCUT2D eigenvalue weighted by molar-refractivity contribution is -0.0313. The Morgan fingerprint density at radius 1 is 1.24 bits per heavy atom. The number of halogens is 1. The van der Waals surface area contributed by atoms with Crippen molar-refractivity contribution in [3.63, 3.8) is 0 Å². The van der Waals surface area contributed by atoms with Gasteiger partial charge in [0.15, 0.2) is 0 Å². The van der Waals surface area contributed by atoms with E-state index in [1.807, 2.05) is 0 Å². The third-order valence-electron chi connectivity index (χ3n) is 4.26. The lowest BCUT2D eigenvalue weighted by atomic mass is 9.94. The molecule has 0 aromatic heterocycles. The summed E-state index contributed by atoms with van der Waals surface area (Å²) >= 11 is 3.84. The number of alkyl halides is 1. The quantitative estimate of drug-likeness (QED) is 0.739. The zero-order chi connectivity index (χ0) is 12.5. The highest BCUT2D eigenvalue weighted by atomic mass is 79.9. The van der Waals surface area contributed by atoms with Gasteiger partial charge in [0.2, 0.25) is 0 Å². The molecule has 0 radical (unpaired) electrons. The summed E-state index contributed by atoms with van der Waals surface area (Å²) in [7, 11) is 2.26. The highest BCUT2D eigenvalue weighted by Crippen LogP contribution is 2.32. The molecule has 2 rings (SSSR count). The predicted molar refractivity (Wildman–Crippen MR) is 75.8 cm³/mol. The van der Waals surface area contributed by atoms with Crippen molar-refractivity contribution in [3.8, 4) is 0 Å². The van der Waals surface area contributed by atoms with Crippen molar-refractivity contribution in [2.24, 2.45) is 0 Å². The van der Waals surface area contributed by atoms with E-state index in [0.29, 0.717) is 17.0 Å². The van der Waals surface area contributed by atoms with E-state index >= 15 is 0 Å². The van der Waals surface area contributed by atoms with Crippen LogP contribution in [0.3, 0.4) is 0 Å².